The van der Waals surface area contributed by atoms with Crippen LogP contribution in [-0.2, 0) is 34.1 Å². The van der Waals surface area contributed by atoms with Gasteiger partial charge in [-0.2, -0.15) is 20.2 Å². The molecule has 5 amide bonds. The van der Waals surface area contributed by atoms with Gasteiger partial charge in [0.15, 0.2) is 5.25 Å². The van der Waals surface area contributed by atoms with Gasteiger partial charge in [-0.15, -0.1) is 5.06 Å². The number of rotatable bonds is 11. The van der Waals surface area contributed by atoms with Crippen LogP contribution in [0, 0.1) is 0 Å². The number of thioether (sulfide) groups is 1. The summed E-state index contributed by atoms with van der Waals surface area (Å²) in [4.78, 5) is 61.7. The fourth-order valence-corrected chi connectivity index (χ4v) is 5.75. The highest BCUT2D eigenvalue weighted by molar-refractivity contribution is 8.00. The fourth-order valence-electron chi connectivity index (χ4n) is 3.78. The Bertz CT molecular complexity index is 944. The molecule has 0 bridgehead atoms. The Balaban J connectivity index is 0.000000373. The third kappa shape index (κ3) is 8.92. The number of unbranched alkanes of at least 4 members (excludes halogenated alkanes) is 3. The van der Waals surface area contributed by atoms with E-state index in [1.165, 1.54) is 0 Å². The molecule has 0 aromatic carbocycles. The van der Waals surface area contributed by atoms with Gasteiger partial charge in [-0.3, -0.25) is 18.9 Å². The van der Waals surface area contributed by atoms with Crippen LogP contribution in [0.1, 0.15) is 65.2 Å². The summed E-state index contributed by atoms with van der Waals surface area (Å²) in [5, 5.41) is 7.27. The first-order valence-corrected chi connectivity index (χ1v) is 14.5. The normalized spacial score (nSPS) is 25.0. The number of amides is 5. The lowest BCUT2D eigenvalue weighted by Gasteiger charge is -2.13. The van der Waals surface area contributed by atoms with Crippen LogP contribution in [0.3, 0.4) is 0 Å². The number of hydrogen-bond acceptors (Lipinski definition) is 9. The van der Waals surface area contributed by atoms with Crippen LogP contribution in [0.4, 0.5) is 4.79 Å². The molecule has 4 atom stereocenters. The molecule has 1 unspecified atom stereocenters. The van der Waals surface area contributed by atoms with Crippen LogP contribution in [-0.4, -0.2) is 82.6 Å². The SMILES string of the molecule is CCCCC(=O)NCCCCCC(=O)ON1C(=O)CC(S(=O)(=O)O)C1=O.C[C@@H]1SC[C@@H]2NC(=O)N[C@@H]21. The van der Waals surface area contributed by atoms with Crippen molar-refractivity contribution in [3.8, 4) is 0 Å². The largest absolute Gasteiger partial charge is 0.356 e. The lowest BCUT2D eigenvalue weighted by atomic mass is 10.1. The summed E-state index contributed by atoms with van der Waals surface area (Å²) in [5.41, 5.74) is 0. The van der Waals surface area contributed by atoms with E-state index in [0.29, 0.717) is 49.6 Å². The van der Waals surface area contributed by atoms with Gasteiger partial charge in [-0.1, -0.05) is 26.7 Å². The number of carbonyl (C=O) groups is 5. The Morgan fingerprint density at radius 2 is 1.86 bits per heavy atom. The first kappa shape index (κ1) is 29.8. The molecule has 3 aliphatic heterocycles. The fraction of sp³-hybridized carbons (Fsp3) is 0.762. The summed E-state index contributed by atoms with van der Waals surface area (Å²) >= 11 is 1.91. The number of carbonyl (C=O) groups excluding carboxylic acids is 5. The Morgan fingerprint density at radius 1 is 1.14 bits per heavy atom. The third-order valence-electron chi connectivity index (χ3n) is 5.84. The molecule has 4 N–H and O–H groups in total. The van der Waals surface area contributed by atoms with Crippen molar-refractivity contribution in [2.75, 3.05) is 12.3 Å². The zero-order valence-electron chi connectivity index (χ0n) is 20.4. The van der Waals surface area contributed by atoms with E-state index in [2.05, 4.69) is 27.7 Å². The summed E-state index contributed by atoms with van der Waals surface area (Å²) in [7, 11) is -4.73. The van der Waals surface area contributed by atoms with Crippen LogP contribution in [0.2, 0.25) is 0 Å². The van der Waals surface area contributed by atoms with Crippen molar-refractivity contribution in [3.63, 3.8) is 0 Å². The number of hydrogen-bond donors (Lipinski definition) is 4. The molecule has 0 aliphatic carbocycles. The van der Waals surface area contributed by atoms with E-state index in [9.17, 15) is 32.4 Å². The van der Waals surface area contributed by atoms with Crippen LogP contribution in [0.5, 0.6) is 0 Å². The number of urea groups is 1. The van der Waals surface area contributed by atoms with Gasteiger partial charge in [-0.25, -0.2) is 9.59 Å². The molecular formula is C21H34N4O9S2. The summed E-state index contributed by atoms with van der Waals surface area (Å²) < 4.78 is 30.8. The van der Waals surface area contributed by atoms with Gasteiger partial charge in [0.25, 0.3) is 21.9 Å². The summed E-state index contributed by atoms with van der Waals surface area (Å²) in [6.45, 7) is 4.65. The van der Waals surface area contributed by atoms with Gasteiger partial charge in [0, 0.05) is 30.4 Å². The van der Waals surface area contributed by atoms with E-state index in [-0.39, 0.29) is 23.4 Å². The molecule has 3 saturated heterocycles. The highest BCUT2D eigenvalue weighted by Crippen LogP contribution is 2.28. The van der Waals surface area contributed by atoms with Gasteiger partial charge in [-0.05, 0) is 19.3 Å². The topological polar surface area (TPSA) is 188 Å². The Kier molecular flexibility index (Phi) is 11.4. The molecule has 0 saturated carbocycles. The second kappa shape index (κ2) is 13.8. The van der Waals surface area contributed by atoms with Crippen molar-refractivity contribution < 1.29 is 41.8 Å². The predicted molar refractivity (Wildman–Crippen MR) is 130 cm³/mol. The van der Waals surface area contributed by atoms with Gasteiger partial charge in [0.1, 0.15) is 0 Å². The second-order valence-corrected chi connectivity index (χ2v) is 11.8. The lowest BCUT2D eigenvalue weighted by molar-refractivity contribution is -0.197. The van der Waals surface area contributed by atoms with Crippen LogP contribution in [0.15, 0.2) is 0 Å². The molecule has 204 valence electrons. The maximum atomic E-state index is 11.7. The molecule has 36 heavy (non-hydrogen) atoms. The van der Waals surface area contributed by atoms with Gasteiger partial charge in [0.2, 0.25) is 5.91 Å². The molecule has 0 radical (unpaired) electrons. The van der Waals surface area contributed by atoms with Crippen LogP contribution in [0.25, 0.3) is 0 Å². The summed E-state index contributed by atoms with van der Waals surface area (Å²) in [5.74, 6) is -2.08. The predicted octanol–water partition coefficient (Wildman–Crippen LogP) is 0.498. The molecular weight excluding hydrogens is 516 g/mol. The molecule has 3 aliphatic rings. The lowest BCUT2D eigenvalue weighted by Crippen LogP contribution is -2.36. The minimum atomic E-state index is -4.73. The van der Waals surface area contributed by atoms with Gasteiger partial charge < -0.3 is 20.8 Å². The van der Waals surface area contributed by atoms with Crippen molar-refractivity contribution in [2.24, 2.45) is 0 Å². The molecule has 3 fully saturated rings. The quantitative estimate of drug-likeness (QED) is 0.122. The minimum Gasteiger partial charge on any atom is -0.356 e. The zero-order chi connectivity index (χ0) is 26.9. The number of nitrogens with zero attached hydrogens (tertiary/aromatic N) is 1. The maximum Gasteiger partial charge on any atom is 0.333 e. The van der Waals surface area contributed by atoms with Crippen molar-refractivity contribution in [1.29, 1.82) is 0 Å². The first-order valence-electron chi connectivity index (χ1n) is 11.9. The molecule has 0 aromatic heterocycles. The number of nitrogens with one attached hydrogen (secondary N) is 3. The van der Waals surface area contributed by atoms with E-state index in [1.54, 1.807) is 0 Å². The van der Waals surface area contributed by atoms with Crippen molar-refractivity contribution in [1.82, 2.24) is 21.0 Å². The third-order valence-corrected chi connectivity index (χ3v) is 8.30. The van der Waals surface area contributed by atoms with E-state index >= 15 is 0 Å². The second-order valence-electron chi connectivity index (χ2n) is 8.75. The van der Waals surface area contributed by atoms with Crippen molar-refractivity contribution >= 4 is 51.6 Å². The number of fused-ring (bicyclic) bond motifs is 1. The Labute approximate surface area is 214 Å². The number of imide groups is 1. The Hall–Kier alpha value is -2.39. The van der Waals surface area contributed by atoms with E-state index in [1.807, 2.05) is 18.7 Å². The van der Waals surface area contributed by atoms with Crippen molar-refractivity contribution in [2.45, 2.75) is 87.8 Å². The van der Waals surface area contributed by atoms with Gasteiger partial charge >= 0.3 is 12.0 Å². The average molecular weight is 551 g/mol. The van der Waals surface area contributed by atoms with Crippen LogP contribution >= 0.6 is 11.8 Å². The van der Waals surface area contributed by atoms with E-state index in [0.717, 1.165) is 18.6 Å². The minimum absolute atomic E-state index is 0.00199. The number of hydroxylamine groups is 2. The standard InChI is InChI=1S/C15H24N2O8S.C6H10N2OS/c1-2-3-7-12(18)16-9-6-4-5-8-14(20)25-17-13(19)10-11(15(17)21)26(22,23)24;1-3-5-4(2-10-3)7-6(9)8-5/h11H,2-10H2,1H3,(H,16,18)(H,22,23,24);3-5H,2H2,1H3,(H2,7,8,9)/t;3-,4-,5+/m.0/s1. The first-order chi connectivity index (χ1) is 16.9. The molecule has 0 spiro atoms. The van der Waals surface area contributed by atoms with E-state index in [4.69, 9.17) is 4.55 Å². The zero-order valence-corrected chi connectivity index (χ0v) is 22.0. The highest BCUT2D eigenvalue weighted by Gasteiger charge is 2.48. The smallest absolute Gasteiger partial charge is 0.333 e. The summed E-state index contributed by atoms with van der Waals surface area (Å²) in [6.07, 6.45) is 3.15. The monoisotopic (exact) mass is 550 g/mol. The molecule has 3 rings (SSSR count). The van der Waals surface area contributed by atoms with Gasteiger partial charge in [0.05, 0.1) is 18.5 Å². The average Bonchev–Trinajstić information content (AvgIpc) is 3.43. The maximum absolute atomic E-state index is 11.7. The summed E-state index contributed by atoms with van der Waals surface area (Å²) in [6, 6.07) is 0.757. The Morgan fingerprint density at radius 3 is 2.47 bits per heavy atom. The van der Waals surface area contributed by atoms with Crippen molar-refractivity contribution in [3.05, 3.63) is 0 Å². The van der Waals surface area contributed by atoms with Crippen LogP contribution < -0.4 is 16.0 Å². The molecule has 3 heterocycles. The molecule has 0 aromatic rings. The molecule has 13 nitrogen and oxygen atoms in total. The molecule has 15 heteroatoms. The highest BCUT2D eigenvalue weighted by atomic mass is 32.2. The van der Waals surface area contributed by atoms with E-state index < -0.39 is 39.6 Å².